The van der Waals surface area contributed by atoms with Crippen molar-refractivity contribution in [1.29, 1.82) is 0 Å². The van der Waals surface area contributed by atoms with Gasteiger partial charge < -0.3 is 10.2 Å². The van der Waals surface area contributed by atoms with Gasteiger partial charge in [-0.3, -0.25) is 0 Å². The number of anilines is 1. The van der Waals surface area contributed by atoms with Gasteiger partial charge in [0.15, 0.2) is 0 Å². The van der Waals surface area contributed by atoms with Gasteiger partial charge in [0.1, 0.15) is 0 Å². The van der Waals surface area contributed by atoms with Gasteiger partial charge in [0.2, 0.25) is 0 Å². The first-order chi connectivity index (χ1) is 8.24. The van der Waals surface area contributed by atoms with Crippen LogP contribution in [0.25, 0.3) is 0 Å². The highest BCUT2D eigenvalue weighted by atomic mass is 32.2. The van der Waals surface area contributed by atoms with Crippen LogP contribution in [0.5, 0.6) is 0 Å². The normalized spacial score (nSPS) is 12.7. The van der Waals surface area contributed by atoms with E-state index in [0.717, 1.165) is 13.1 Å². The Balaban J connectivity index is 2.17. The SMILES string of the molecule is CSCCC(C)N(C)CCNc1ccccc1. The molecule has 0 saturated carbocycles. The minimum absolute atomic E-state index is 0.667. The summed E-state index contributed by atoms with van der Waals surface area (Å²) >= 11 is 1.93. The number of para-hydroxylation sites is 1. The Labute approximate surface area is 110 Å². The van der Waals surface area contributed by atoms with Gasteiger partial charge in [-0.25, -0.2) is 0 Å². The Bertz CT molecular complexity index is 290. The Morgan fingerprint density at radius 2 is 2.00 bits per heavy atom. The van der Waals surface area contributed by atoms with E-state index < -0.39 is 0 Å². The fraction of sp³-hybridized carbons (Fsp3) is 0.571. The lowest BCUT2D eigenvalue weighted by atomic mass is 10.2. The predicted molar refractivity (Wildman–Crippen MR) is 80.0 cm³/mol. The van der Waals surface area contributed by atoms with E-state index in [2.05, 4.69) is 54.7 Å². The zero-order valence-corrected chi connectivity index (χ0v) is 12.0. The first-order valence-corrected chi connectivity index (χ1v) is 7.61. The molecule has 0 saturated heterocycles. The maximum atomic E-state index is 3.44. The molecular weight excluding hydrogens is 228 g/mol. The van der Waals surface area contributed by atoms with Crippen molar-refractivity contribution in [1.82, 2.24) is 4.90 Å². The maximum absolute atomic E-state index is 3.44. The summed E-state index contributed by atoms with van der Waals surface area (Å²) in [6.45, 7) is 4.40. The second-order valence-electron chi connectivity index (χ2n) is 4.40. The number of nitrogens with one attached hydrogen (secondary N) is 1. The summed E-state index contributed by atoms with van der Waals surface area (Å²) < 4.78 is 0. The van der Waals surface area contributed by atoms with Crippen molar-refractivity contribution in [3.63, 3.8) is 0 Å². The molecule has 0 radical (unpaired) electrons. The number of hydrogen-bond acceptors (Lipinski definition) is 3. The summed E-state index contributed by atoms with van der Waals surface area (Å²) in [5.74, 6) is 1.25. The summed E-state index contributed by atoms with van der Waals surface area (Å²) in [7, 11) is 2.21. The molecule has 0 heterocycles. The van der Waals surface area contributed by atoms with Crippen LogP contribution in [-0.4, -0.2) is 43.1 Å². The van der Waals surface area contributed by atoms with E-state index in [4.69, 9.17) is 0 Å². The van der Waals surface area contributed by atoms with Crippen molar-refractivity contribution in [3.05, 3.63) is 30.3 Å². The van der Waals surface area contributed by atoms with Crippen LogP contribution in [0, 0.1) is 0 Å². The molecule has 96 valence electrons. The first kappa shape index (κ1) is 14.4. The summed E-state index contributed by atoms with van der Waals surface area (Å²) in [6.07, 6.45) is 3.44. The summed E-state index contributed by atoms with van der Waals surface area (Å²) in [6, 6.07) is 11.1. The van der Waals surface area contributed by atoms with Gasteiger partial charge in [-0.2, -0.15) is 11.8 Å². The van der Waals surface area contributed by atoms with Gasteiger partial charge in [-0.15, -0.1) is 0 Å². The maximum Gasteiger partial charge on any atom is 0.0340 e. The number of benzene rings is 1. The first-order valence-electron chi connectivity index (χ1n) is 6.22. The van der Waals surface area contributed by atoms with Crippen molar-refractivity contribution in [2.75, 3.05) is 37.5 Å². The number of nitrogens with zero attached hydrogens (tertiary/aromatic N) is 1. The van der Waals surface area contributed by atoms with E-state index >= 15 is 0 Å². The standard InChI is InChI=1S/C14H24N2S/c1-13(9-12-17-3)16(2)11-10-15-14-7-5-4-6-8-14/h4-8,13,15H,9-12H2,1-3H3. The van der Waals surface area contributed by atoms with Gasteiger partial charge in [-0.05, 0) is 44.5 Å². The molecule has 1 N–H and O–H groups in total. The molecule has 1 aromatic carbocycles. The third kappa shape index (κ3) is 5.99. The average molecular weight is 252 g/mol. The highest BCUT2D eigenvalue weighted by molar-refractivity contribution is 7.98. The molecule has 0 aromatic heterocycles. The van der Waals surface area contributed by atoms with E-state index in [9.17, 15) is 0 Å². The third-order valence-corrected chi connectivity index (χ3v) is 3.70. The van der Waals surface area contributed by atoms with E-state index in [1.807, 2.05) is 17.8 Å². The molecule has 1 aromatic rings. The molecule has 0 spiro atoms. The number of rotatable bonds is 8. The topological polar surface area (TPSA) is 15.3 Å². The lowest BCUT2D eigenvalue weighted by Crippen LogP contribution is -2.33. The van der Waals surface area contributed by atoms with Gasteiger partial charge >= 0.3 is 0 Å². The summed E-state index contributed by atoms with van der Waals surface area (Å²) in [5, 5.41) is 3.44. The van der Waals surface area contributed by atoms with E-state index in [0.29, 0.717) is 6.04 Å². The van der Waals surface area contributed by atoms with Crippen LogP contribution in [-0.2, 0) is 0 Å². The third-order valence-electron chi connectivity index (χ3n) is 3.06. The largest absolute Gasteiger partial charge is 0.384 e. The Hall–Kier alpha value is -0.670. The minimum atomic E-state index is 0.667. The molecule has 3 heteroatoms. The zero-order chi connectivity index (χ0) is 12.5. The lowest BCUT2D eigenvalue weighted by molar-refractivity contribution is 0.262. The number of thioether (sulfide) groups is 1. The van der Waals surface area contributed by atoms with Crippen molar-refractivity contribution in [3.8, 4) is 0 Å². The second-order valence-corrected chi connectivity index (χ2v) is 5.39. The van der Waals surface area contributed by atoms with Crippen molar-refractivity contribution in [2.45, 2.75) is 19.4 Å². The van der Waals surface area contributed by atoms with Crippen LogP contribution in [0.4, 0.5) is 5.69 Å². The van der Waals surface area contributed by atoms with Crippen LogP contribution in [0.1, 0.15) is 13.3 Å². The van der Waals surface area contributed by atoms with Crippen LogP contribution >= 0.6 is 11.8 Å². The van der Waals surface area contributed by atoms with Crippen molar-refractivity contribution < 1.29 is 0 Å². The fourth-order valence-corrected chi connectivity index (χ4v) is 2.24. The molecule has 0 aliphatic rings. The van der Waals surface area contributed by atoms with Gasteiger partial charge in [-0.1, -0.05) is 18.2 Å². The smallest absolute Gasteiger partial charge is 0.0340 e. The van der Waals surface area contributed by atoms with E-state index in [-0.39, 0.29) is 0 Å². The van der Waals surface area contributed by atoms with E-state index in [1.54, 1.807) is 0 Å². The fourth-order valence-electron chi connectivity index (χ4n) is 1.66. The molecular formula is C14H24N2S. The van der Waals surface area contributed by atoms with Gasteiger partial charge in [0.05, 0.1) is 0 Å². The zero-order valence-electron chi connectivity index (χ0n) is 11.1. The quantitative estimate of drug-likeness (QED) is 0.765. The molecule has 1 rings (SSSR count). The van der Waals surface area contributed by atoms with Crippen LogP contribution in [0.3, 0.4) is 0 Å². The number of likely N-dealkylation sites (N-methyl/N-ethyl adjacent to an activating group) is 1. The molecule has 17 heavy (non-hydrogen) atoms. The molecule has 1 atom stereocenters. The van der Waals surface area contributed by atoms with Gasteiger partial charge in [0, 0.05) is 24.8 Å². The molecule has 0 aliphatic carbocycles. The van der Waals surface area contributed by atoms with E-state index in [1.165, 1.54) is 17.9 Å². The molecule has 2 nitrogen and oxygen atoms in total. The Morgan fingerprint density at radius 1 is 1.29 bits per heavy atom. The molecule has 0 amide bonds. The average Bonchev–Trinajstić information content (AvgIpc) is 2.37. The highest BCUT2D eigenvalue weighted by Gasteiger charge is 2.07. The minimum Gasteiger partial charge on any atom is -0.384 e. The lowest BCUT2D eigenvalue weighted by Gasteiger charge is -2.24. The molecule has 0 aliphatic heterocycles. The van der Waals surface area contributed by atoms with Crippen LogP contribution in [0.15, 0.2) is 30.3 Å². The Kier molecular flexibility index (Phi) is 7.13. The molecule has 0 bridgehead atoms. The Morgan fingerprint density at radius 3 is 2.65 bits per heavy atom. The summed E-state index contributed by atoms with van der Waals surface area (Å²) in [5.41, 5.74) is 1.21. The van der Waals surface area contributed by atoms with Crippen LogP contribution in [0.2, 0.25) is 0 Å². The monoisotopic (exact) mass is 252 g/mol. The predicted octanol–water partition coefficient (Wildman–Crippen LogP) is 3.17. The molecule has 1 unspecified atom stereocenters. The van der Waals surface area contributed by atoms with Gasteiger partial charge in [0.25, 0.3) is 0 Å². The van der Waals surface area contributed by atoms with Crippen LogP contribution < -0.4 is 5.32 Å². The highest BCUT2D eigenvalue weighted by Crippen LogP contribution is 2.07. The number of hydrogen-bond donors (Lipinski definition) is 1. The second kappa shape index (κ2) is 8.43. The van der Waals surface area contributed by atoms with Crippen molar-refractivity contribution >= 4 is 17.4 Å². The van der Waals surface area contributed by atoms with Crippen molar-refractivity contribution in [2.24, 2.45) is 0 Å². The summed E-state index contributed by atoms with van der Waals surface area (Å²) in [4.78, 5) is 2.42. The molecule has 0 fully saturated rings.